The normalized spacial score (nSPS) is 23.5. The average molecular weight is 214 g/mol. The van der Waals surface area contributed by atoms with Crippen molar-refractivity contribution in [2.75, 3.05) is 19.8 Å². The van der Waals surface area contributed by atoms with Crippen LogP contribution in [0.4, 0.5) is 0 Å². The van der Waals surface area contributed by atoms with E-state index in [2.05, 4.69) is 17.6 Å². The highest BCUT2D eigenvalue weighted by molar-refractivity contribution is 5.78. The van der Waals surface area contributed by atoms with Crippen molar-refractivity contribution in [3.05, 3.63) is 0 Å². The first-order valence-electron chi connectivity index (χ1n) is 5.83. The van der Waals surface area contributed by atoms with Crippen LogP contribution in [0.2, 0.25) is 0 Å². The minimum atomic E-state index is 0.0786. The van der Waals surface area contributed by atoms with Gasteiger partial charge in [-0.2, -0.15) is 0 Å². The van der Waals surface area contributed by atoms with Crippen molar-refractivity contribution in [2.45, 2.75) is 45.2 Å². The molecule has 1 saturated heterocycles. The molecule has 1 amide bonds. The van der Waals surface area contributed by atoms with Gasteiger partial charge in [-0.1, -0.05) is 6.92 Å². The molecule has 1 aliphatic heterocycles. The number of ether oxygens (including phenoxy) is 1. The first-order chi connectivity index (χ1) is 7.22. The predicted octanol–water partition coefficient (Wildman–Crippen LogP) is 0.670. The van der Waals surface area contributed by atoms with Gasteiger partial charge in [-0.15, -0.1) is 0 Å². The molecule has 0 aromatic rings. The molecule has 2 N–H and O–H groups in total. The second-order valence-electron chi connectivity index (χ2n) is 4.17. The summed E-state index contributed by atoms with van der Waals surface area (Å²) in [5.74, 6) is 0.0786. The molecule has 0 aromatic heterocycles. The summed E-state index contributed by atoms with van der Waals surface area (Å²) in [6.45, 7) is 6.07. The Hall–Kier alpha value is -0.610. The van der Waals surface area contributed by atoms with Crippen molar-refractivity contribution in [3.63, 3.8) is 0 Å². The molecule has 0 spiro atoms. The summed E-state index contributed by atoms with van der Waals surface area (Å²) in [5, 5.41) is 6.14. The highest BCUT2D eigenvalue weighted by Gasteiger charge is 2.14. The minimum absolute atomic E-state index is 0.0786. The van der Waals surface area contributed by atoms with Gasteiger partial charge in [0.2, 0.25) is 5.91 Å². The molecule has 0 aliphatic carbocycles. The van der Waals surface area contributed by atoms with Crippen LogP contribution in [0, 0.1) is 0 Å². The van der Waals surface area contributed by atoms with Crippen molar-refractivity contribution < 1.29 is 9.53 Å². The van der Waals surface area contributed by atoms with Crippen LogP contribution in [0.1, 0.15) is 33.1 Å². The number of rotatable bonds is 5. The highest BCUT2D eigenvalue weighted by atomic mass is 16.5. The van der Waals surface area contributed by atoms with E-state index in [4.69, 9.17) is 4.74 Å². The second-order valence-corrected chi connectivity index (χ2v) is 4.17. The van der Waals surface area contributed by atoms with Crippen LogP contribution >= 0.6 is 0 Å². The zero-order valence-electron chi connectivity index (χ0n) is 9.71. The lowest BCUT2D eigenvalue weighted by Gasteiger charge is -2.23. The standard InChI is InChI=1S/C11H22N2O2/c1-3-9(2)13-11(14)7-12-10-5-4-6-15-8-10/h9-10,12H,3-8H2,1-2H3,(H,13,14). The van der Waals surface area contributed by atoms with Gasteiger partial charge in [-0.25, -0.2) is 0 Å². The lowest BCUT2D eigenvalue weighted by atomic mass is 10.1. The summed E-state index contributed by atoms with van der Waals surface area (Å²) in [5.41, 5.74) is 0. The Morgan fingerprint density at radius 3 is 3.00 bits per heavy atom. The Labute approximate surface area is 91.8 Å². The van der Waals surface area contributed by atoms with Gasteiger partial charge in [-0.05, 0) is 26.2 Å². The summed E-state index contributed by atoms with van der Waals surface area (Å²) < 4.78 is 5.32. The fourth-order valence-electron chi connectivity index (χ4n) is 1.57. The number of hydrogen-bond acceptors (Lipinski definition) is 3. The Morgan fingerprint density at radius 1 is 1.60 bits per heavy atom. The number of carbonyl (C=O) groups excluding carboxylic acids is 1. The fraction of sp³-hybridized carbons (Fsp3) is 0.909. The Bertz CT molecular complexity index is 191. The van der Waals surface area contributed by atoms with Crippen LogP contribution in [0.3, 0.4) is 0 Å². The molecule has 0 saturated carbocycles. The fourth-order valence-corrected chi connectivity index (χ4v) is 1.57. The van der Waals surface area contributed by atoms with E-state index < -0.39 is 0 Å². The second kappa shape index (κ2) is 6.80. The van der Waals surface area contributed by atoms with E-state index in [-0.39, 0.29) is 11.9 Å². The van der Waals surface area contributed by atoms with Crippen molar-refractivity contribution in [1.29, 1.82) is 0 Å². The third kappa shape index (κ3) is 5.14. The minimum Gasteiger partial charge on any atom is -0.380 e. The van der Waals surface area contributed by atoms with Gasteiger partial charge < -0.3 is 15.4 Å². The smallest absolute Gasteiger partial charge is 0.234 e. The van der Waals surface area contributed by atoms with Gasteiger partial charge in [0.1, 0.15) is 0 Å². The third-order valence-electron chi connectivity index (χ3n) is 2.73. The molecule has 4 nitrogen and oxygen atoms in total. The maximum atomic E-state index is 11.4. The molecule has 1 heterocycles. The van der Waals surface area contributed by atoms with E-state index in [0.29, 0.717) is 12.6 Å². The molecule has 1 aliphatic rings. The predicted molar refractivity (Wildman–Crippen MR) is 59.7 cm³/mol. The number of carbonyl (C=O) groups is 1. The van der Waals surface area contributed by atoms with Crippen LogP contribution in [0.15, 0.2) is 0 Å². The van der Waals surface area contributed by atoms with Gasteiger partial charge in [0.15, 0.2) is 0 Å². The molecule has 88 valence electrons. The molecule has 15 heavy (non-hydrogen) atoms. The molecular formula is C11H22N2O2. The molecule has 4 heteroatoms. The van der Waals surface area contributed by atoms with Crippen LogP contribution in [0.5, 0.6) is 0 Å². The van der Waals surface area contributed by atoms with Crippen LogP contribution < -0.4 is 10.6 Å². The van der Waals surface area contributed by atoms with Crippen molar-refractivity contribution in [1.82, 2.24) is 10.6 Å². The zero-order chi connectivity index (χ0) is 11.1. The molecule has 2 atom stereocenters. The zero-order valence-corrected chi connectivity index (χ0v) is 9.71. The molecular weight excluding hydrogens is 192 g/mol. The number of nitrogens with one attached hydrogen (secondary N) is 2. The van der Waals surface area contributed by atoms with Crippen molar-refractivity contribution in [2.24, 2.45) is 0 Å². The first-order valence-corrected chi connectivity index (χ1v) is 5.83. The van der Waals surface area contributed by atoms with Gasteiger partial charge >= 0.3 is 0 Å². The SMILES string of the molecule is CCC(C)NC(=O)CNC1CCCOC1. The first kappa shape index (κ1) is 12.5. The van der Waals surface area contributed by atoms with Gasteiger partial charge in [0.25, 0.3) is 0 Å². The van der Waals surface area contributed by atoms with E-state index in [1.165, 1.54) is 0 Å². The largest absolute Gasteiger partial charge is 0.380 e. The topological polar surface area (TPSA) is 50.4 Å². The number of hydrogen-bond donors (Lipinski definition) is 2. The van der Waals surface area contributed by atoms with Crippen LogP contribution in [0.25, 0.3) is 0 Å². The molecule has 0 radical (unpaired) electrons. The van der Waals surface area contributed by atoms with Crippen LogP contribution in [-0.2, 0) is 9.53 Å². The molecule has 2 unspecified atom stereocenters. The molecule has 0 bridgehead atoms. The third-order valence-corrected chi connectivity index (χ3v) is 2.73. The maximum absolute atomic E-state index is 11.4. The molecule has 0 aromatic carbocycles. The van der Waals surface area contributed by atoms with Crippen molar-refractivity contribution in [3.8, 4) is 0 Å². The van der Waals surface area contributed by atoms with Gasteiger partial charge in [0.05, 0.1) is 13.2 Å². The van der Waals surface area contributed by atoms with Gasteiger partial charge in [-0.3, -0.25) is 4.79 Å². The Kier molecular flexibility index (Phi) is 5.65. The summed E-state index contributed by atoms with van der Waals surface area (Å²) in [6.07, 6.45) is 3.17. The molecule has 1 fully saturated rings. The van der Waals surface area contributed by atoms with E-state index in [9.17, 15) is 4.79 Å². The summed E-state index contributed by atoms with van der Waals surface area (Å²) in [6, 6.07) is 0.614. The lowest BCUT2D eigenvalue weighted by Crippen LogP contribution is -2.44. The van der Waals surface area contributed by atoms with Crippen LogP contribution in [-0.4, -0.2) is 37.7 Å². The summed E-state index contributed by atoms with van der Waals surface area (Å²) in [7, 11) is 0. The van der Waals surface area contributed by atoms with Crippen molar-refractivity contribution >= 4 is 5.91 Å². The monoisotopic (exact) mass is 214 g/mol. The Balaban J connectivity index is 2.10. The Morgan fingerprint density at radius 2 is 2.40 bits per heavy atom. The van der Waals surface area contributed by atoms with E-state index in [0.717, 1.165) is 32.5 Å². The summed E-state index contributed by atoms with van der Waals surface area (Å²) in [4.78, 5) is 11.4. The molecule has 1 rings (SSSR count). The lowest BCUT2D eigenvalue weighted by molar-refractivity contribution is -0.121. The maximum Gasteiger partial charge on any atom is 0.234 e. The average Bonchev–Trinajstić information content (AvgIpc) is 2.27. The highest BCUT2D eigenvalue weighted by Crippen LogP contribution is 2.04. The summed E-state index contributed by atoms with van der Waals surface area (Å²) >= 11 is 0. The van der Waals surface area contributed by atoms with E-state index >= 15 is 0 Å². The van der Waals surface area contributed by atoms with E-state index in [1.54, 1.807) is 0 Å². The quantitative estimate of drug-likeness (QED) is 0.707. The van der Waals surface area contributed by atoms with Gasteiger partial charge in [0, 0.05) is 18.7 Å². The number of amides is 1. The van der Waals surface area contributed by atoms with E-state index in [1.807, 2.05) is 6.92 Å².